The van der Waals surface area contributed by atoms with Crippen LogP contribution in [0.3, 0.4) is 0 Å². The minimum absolute atomic E-state index is 0.0253. The van der Waals surface area contributed by atoms with Crippen molar-refractivity contribution in [3.8, 4) is 0 Å². The molecule has 2 amide bonds. The summed E-state index contributed by atoms with van der Waals surface area (Å²) in [5.41, 5.74) is 0. The summed E-state index contributed by atoms with van der Waals surface area (Å²) in [6, 6.07) is -0.178. The predicted molar refractivity (Wildman–Crippen MR) is 72.5 cm³/mol. The highest BCUT2D eigenvalue weighted by atomic mass is 32.2. The summed E-state index contributed by atoms with van der Waals surface area (Å²) >= 11 is 1.71. The van der Waals surface area contributed by atoms with Crippen LogP contribution in [0.25, 0.3) is 0 Å². The Morgan fingerprint density at radius 3 is 2.84 bits per heavy atom. The van der Waals surface area contributed by atoms with Gasteiger partial charge in [0.2, 0.25) is 0 Å². The summed E-state index contributed by atoms with van der Waals surface area (Å²) in [4.78, 5) is 27.0. The number of nitrogens with zero attached hydrogens (tertiary/aromatic N) is 2. The number of thioether (sulfide) groups is 1. The van der Waals surface area contributed by atoms with Crippen LogP contribution >= 0.6 is 11.8 Å². The van der Waals surface area contributed by atoms with Crippen LogP contribution in [0.4, 0.5) is 4.79 Å². The number of morpholine rings is 1. The molecule has 2 aliphatic heterocycles. The SMILES string of the molecule is CC1COCCN1C(=O)N1CCSCC1CC(=O)O. The van der Waals surface area contributed by atoms with E-state index < -0.39 is 5.97 Å². The molecule has 0 saturated carbocycles. The number of hydrogen-bond acceptors (Lipinski definition) is 4. The third kappa shape index (κ3) is 3.54. The van der Waals surface area contributed by atoms with Gasteiger partial charge in [0.25, 0.3) is 0 Å². The summed E-state index contributed by atoms with van der Waals surface area (Å²) in [5, 5.41) is 8.95. The third-order valence-electron chi connectivity index (χ3n) is 3.50. The monoisotopic (exact) mass is 288 g/mol. The van der Waals surface area contributed by atoms with E-state index in [1.165, 1.54) is 0 Å². The Labute approximate surface area is 117 Å². The second-order valence-electron chi connectivity index (χ2n) is 4.92. The minimum Gasteiger partial charge on any atom is -0.481 e. The third-order valence-corrected chi connectivity index (χ3v) is 4.59. The van der Waals surface area contributed by atoms with E-state index in [-0.39, 0.29) is 24.5 Å². The van der Waals surface area contributed by atoms with Crippen LogP contribution in [-0.2, 0) is 9.53 Å². The molecular formula is C12H20N2O4S. The number of carboxylic acids is 1. The Kier molecular flexibility index (Phi) is 4.93. The zero-order valence-corrected chi connectivity index (χ0v) is 11.9. The number of urea groups is 1. The lowest BCUT2D eigenvalue weighted by atomic mass is 10.2. The molecule has 2 atom stereocenters. The first kappa shape index (κ1) is 14.5. The van der Waals surface area contributed by atoms with Gasteiger partial charge in [0.1, 0.15) is 0 Å². The molecule has 0 aromatic heterocycles. The number of hydrogen-bond donors (Lipinski definition) is 1. The Hall–Kier alpha value is -0.950. The number of rotatable bonds is 2. The van der Waals surface area contributed by atoms with Crippen LogP contribution in [0, 0.1) is 0 Å². The number of carbonyl (C=O) groups excluding carboxylic acids is 1. The molecule has 2 rings (SSSR count). The van der Waals surface area contributed by atoms with Crippen LogP contribution in [0.2, 0.25) is 0 Å². The van der Waals surface area contributed by atoms with Crippen molar-refractivity contribution < 1.29 is 19.4 Å². The number of ether oxygens (including phenoxy) is 1. The molecule has 0 bridgehead atoms. The molecule has 108 valence electrons. The highest BCUT2D eigenvalue weighted by molar-refractivity contribution is 7.99. The van der Waals surface area contributed by atoms with Gasteiger partial charge in [-0.3, -0.25) is 4.79 Å². The van der Waals surface area contributed by atoms with Gasteiger partial charge in [-0.25, -0.2) is 4.79 Å². The molecule has 2 fully saturated rings. The molecule has 1 N–H and O–H groups in total. The van der Waals surface area contributed by atoms with E-state index in [1.807, 2.05) is 6.92 Å². The van der Waals surface area contributed by atoms with Crippen molar-refractivity contribution >= 4 is 23.8 Å². The Morgan fingerprint density at radius 1 is 1.37 bits per heavy atom. The van der Waals surface area contributed by atoms with Crippen molar-refractivity contribution in [3.05, 3.63) is 0 Å². The molecule has 0 radical (unpaired) electrons. The van der Waals surface area contributed by atoms with Crippen molar-refractivity contribution in [2.75, 3.05) is 37.8 Å². The maximum Gasteiger partial charge on any atom is 0.320 e. The summed E-state index contributed by atoms with van der Waals surface area (Å²) in [6.07, 6.45) is 0.0253. The number of carbonyl (C=O) groups is 2. The maximum atomic E-state index is 12.5. The van der Waals surface area contributed by atoms with Gasteiger partial charge in [-0.15, -0.1) is 0 Å². The van der Waals surface area contributed by atoms with Gasteiger partial charge in [0.05, 0.1) is 31.7 Å². The lowest BCUT2D eigenvalue weighted by Crippen LogP contribution is -2.57. The smallest absolute Gasteiger partial charge is 0.320 e. The van der Waals surface area contributed by atoms with Crippen LogP contribution in [-0.4, -0.2) is 76.8 Å². The minimum atomic E-state index is -0.847. The molecule has 0 aliphatic carbocycles. The van der Waals surface area contributed by atoms with Crippen molar-refractivity contribution in [3.63, 3.8) is 0 Å². The number of carboxylic acid groups (broad SMARTS) is 1. The molecule has 2 unspecified atom stereocenters. The van der Waals surface area contributed by atoms with Crippen molar-refractivity contribution in [1.29, 1.82) is 0 Å². The molecule has 2 aliphatic rings. The van der Waals surface area contributed by atoms with E-state index in [0.29, 0.717) is 32.1 Å². The zero-order chi connectivity index (χ0) is 13.8. The van der Waals surface area contributed by atoms with Gasteiger partial charge in [-0.2, -0.15) is 11.8 Å². The topological polar surface area (TPSA) is 70.1 Å². The lowest BCUT2D eigenvalue weighted by Gasteiger charge is -2.41. The average Bonchev–Trinajstić information content (AvgIpc) is 2.38. The normalized spacial score (nSPS) is 28.3. The second kappa shape index (κ2) is 6.47. The van der Waals surface area contributed by atoms with E-state index in [0.717, 1.165) is 5.75 Å². The number of amides is 2. The summed E-state index contributed by atoms with van der Waals surface area (Å²) in [7, 11) is 0. The summed E-state index contributed by atoms with van der Waals surface area (Å²) in [6.45, 7) is 4.29. The van der Waals surface area contributed by atoms with Crippen LogP contribution < -0.4 is 0 Å². The highest BCUT2D eigenvalue weighted by Crippen LogP contribution is 2.22. The quantitative estimate of drug-likeness (QED) is 0.811. The number of aliphatic carboxylic acids is 1. The Bertz CT molecular complexity index is 353. The van der Waals surface area contributed by atoms with E-state index in [4.69, 9.17) is 9.84 Å². The van der Waals surface area contributed by atoms with Gasteiger partial charge in [0.15, 0.2) is 0 Å². The van der Waals surface area contributed by atoms with E-state index in [9.17, 15) is 9.59 Å². The van der Waals surface area contributed by atoms with E-state index in [1.54, 1.807) is 21.6 Å². The Balaban J connectivity index is 2.03. The van der Waals surface area contributed by atoms with E-state index >= 15 is 0 Å². The molecule has 2 saturated heterocycles. The van der Waals surface area contributed by atoms with Crippen molar-refractivity contribution in [2.24, 2.45) is 0 Å². The van der Waals surface area contributed by atoms with Gasteiger partial charge < -0.3 is 19.6 Å². The fourth-order valence-corrected chi connectivity index (χ4v) is 3.52. The molecule has 7 heteroatoms. The van der Waals surface area contributed by atoms with Gasteiger partial charge in [-0.05, 0) is 6.92 Å². The summed E-state index contributed by atoms with van der Waals surface area (Å²) < 4.78 is 5.33. The maximum absolute atomic E-state index is 12.5. The Morgan fingerprint density at radius 2 is 2.16 bits per heavy atom. The predicted octanol–water partition coefficient (Wildman–Crippen LogP) is 0.719. The van der Waals surface area contributed by atoms with Crippen molar-refractivity contribution in [2.45, 2.75) is 25.4 Å². The molecule has 0 aromatic rings. The van der Waals surface area contributed by atoms with Gasteiger partial charge >= 0.3 is 12.0 Å². The standard InChI is InChI=1S/C12H20N2O4S/c1-9-7-18-4-2-13(9)12(17)14-3-5-19-8-10(14)6-11(15)16/h9-10H,2-8H2,1H3,(H,15,16). The lowest BCUT2D eigenvalue weighted by molar-refractivity contribution is -0.138. The fourth-order valence-electron chi connectivity index (χ4n) is 2.45. The largest absolute Gasteiger partial charge is 0.481 e. The first-order valence-corrected chi connectivity index (χ1v) is 7.69. The summed E-state index contributed by atoms with van der Waals surface area (Å²) in [5.74, 6) is 0.734. The van der Waals surface area contributed by atoms with Gasteiger partial charge in [0, 0.05) is 24.6 Å². The molecule has 0 spiro atoms. The fraction of sp³-hybridized carbons (Fsp3) is 0.833. The van der Waals surface area contributed by atoms with Crippen molar-refractivity contribution in [1.82, 2.24) is 9.80 Å². The second-order valence-corrected chi connectivity index (χ2v) is 6.07. The average molecular weight is 288 g/mol. The van der Waals surface area contributed by atoms with Crippen LogP contribution in [0.5, 0.6) is 0 Å². The van der Waals surface area contributed by atoms with Crippen LogP contribution in [0.1, 0.15) is 13.3 Å². The first-order valence-electron chi connectivity index (χ1n) is 6.54. The van der Waals surface area contributed by atoms with E-state index in [2.05, 4.69) is 0 Å². The molecule has 0 aromatic carbocycles. The molecular weight excluding hydrogens is 268 g/mol. The molecule has 6 nitrogen and oxygen atoms in total. The van der Waals surface area contributed by atoms with Gasteiger partial charge in [-0.1, -0.05) is 0 Å². The zero-order valence-electron chi connectivity index (χ0n) is 11.1. The first-order chi connectivity index (χ1) is 9.09. The molecule has 2 heterocycles. The molecule has 19 heavy (non-hydrogen) atoms. The van der Waals surface area contributed by atoms with Crippen LogP contribution in [0.15, 0.2) is 0 Å². The highest BCUT2D eigenvalue weighted by Gasteiger charge is 2.34.